The fraction of sp³-hybridized carbons (Fsp3) is 0.556. The summed E-state index contributed by atoms with van der Waals surface area (Å²) >= 11 is 0. The van der Waals surface area contributed by atoms with Crippen LogP contribution in [0.4, 0.5) is 11.6 Å². The van der Waals surface area contributed by atoms with Gasteiger partial charge in [0.05, 0.1) is 18.6 Å². The molecule has 5 rings (SSSR count). The van der Waals surface area contributed by atoms with Gasteiger partial charge in [0.2, 0.25) is 5.91 Å². The van der Waals surface area contributed by atoms with Crippen LogP contribution in [-0.2, 0) is 27.2 Å². The number of pyridine rings is 2. The van der Waals surface area contributed by atoms with Gasteiger partial charge in [-0.25, -0.2) is 14.8 Å². The number of carboxylic acids is 1. The number of nitrogens with one attached hydrogen (secondary N) is 2. The summed E-state index contributed by atoms with van der Waals surface area (Å²) in [5.41, 5.74) is 2.32. The van der Waals surface area contributed by atoms with Gasteiger partial charge in [-0.15, -0.1) is 0 Å². The Morgan fingerprint density at radius 3 is 2.92 bits per heavy atom. The van der Waals surface area contributed by atoms with Crippen LogP contribution in [0.2, 0.25) is 0 Å². The number of nitrogens with zero attached hydrogens (tertiary/aromatic N) is 4. The van der Waals surface area contributed by atoms with Crippen LogP contribution < -0.4 is 15.5 Å². The van der Waals surface area contributed by atoms with Crippen molar-refractivity contribution in [2.24, 2.45) is 5.92 Å². The highest BCUT2D eigenvalue weighted by Crippen LogP contribution is 2.23. The predicted octanol–water partition coefficient (Wildman–Crippen LogP) is 1.56. The number of amides is 1. The fourth-order valence-corrected chi connectivity index (χ4v) is 5.23. The number of carboxylic acid groups (broad SMARTS) is 1. The Balaban J connectivity index is 0.989. The van der Waals surface area contributed by atoms with Crippen LogP contribution in [0.25, 0.3) is 0 Å². The lowest BCUT2D eigenvalue weighted by molar-refractivity contribution is -0.143. The van der Waals surface area contributed by atoms with Crippen molar-refractivity contribution in [1.29, 1.82) is 0 Å². The molecule has 198 valence electrons. The maximum atomic E-state index is 12.8. The number of hydrogen-bond acceptors (Lipinski definition) is 8. The Morgan fingerprint density at radius 2 is 2.11 bits per heavy atom. The van der Waals surface area contributed by atoms with Gasteiger partial charge in [0.15, 0.2) is 0 Å². The molecule has 3 aliphatic rings. The standard InChI is InChI=1S/C27H36N6O4/c34-26(20-8-14-33(16-20)24-5-1-2-11-28-24)31-23(27(35)36)9-13-32-17-22(18-32)37-15-10-21-7-6-19-4-3-12-29-25(19)30-21/h1-2,5-7,11,20,22-23H,3-4,8-10,12-18H2,(H,29,30)(H,31,34)(H,35,36)/t20-,23?/m1/s1. The van der Waals surface area contributed by atoms with Crippen LogP contribution in [0, 0.1) is 5.92 Å². The van der Waals surface area contributed by atoms with Gasteiger partial charge in [-0.1, -0.05) is 12.1 Å². The Morgan fingerprint density at radius 1 is 1.22 bits per heavy atom. The monoisotopic (exact) mass is 508 g/mol. The molecule has 1 amide bonds. The number of anilines is 2. The third-order valence-electron chi connectivity index (χ3n) is 7.47. The van der Waals surface area contributed by atoms with E-state index in [-0.39, 0.29) is 17.9 Å². The summed E-state index contributed by atoms with van der Waals surface area (Å²) in [4.78, 5) is 37.9. The third kappa shape index (κ3) is 6.56. The van der Waals surface area contributed by atoms with Crippen molar-refractivity contribution in [3.05, 3.63) is 47.8 Å². The van der Waals surface area contributed by atoms with Crippen molar-refractivity contribution in [3.8, 4) is 0 Å². The summed E-state index contributed by atoms with van der Waals surface area (Å²) in [5.74, 6) is 0.441. The molecule has 5 heterocycles. The first-order valence-electron chi connectivity index (χ1n) is 13.3. The number of carbonyl (C=O) groups is 2. The molecule has 10 nitrogen and oxygen atoms in total. The summed E-state index contributed by atoms with van der Waals surface area (Å²) in [5, 5.41) is 15.8. The second-order valence-electron chi connectivity index (χ2n) is 10.2. The molecule has 0 aromatic carbocycles. The number of hydrogen-bond donors (Lipinski definition) is 3. The zero-order valence-electron chi connectivity index (χ0n) is 21.1. The molecule has 1 unspecified atom stereocenters. The van der Waals surface area contributed by atoms with Gasteiger partial charge >= 0.3 is 5.97 Å². The maximum Gasteiger partial charge on any atom is 0.326 e. The first kappa shape index (κ1) is 25.4. The minimum Gasteiger partial charge on any atom is -0.480 e. The first-order valence-corrected chi connectivity index (χ1v) is 13.3. The summed E-state index contributed by atoms with van der Waals surface area (Å²) in [6, 6.07) is 9.07. The second kappa shape index (κ2) is 11.9. The molecule has 3 N–H and O–H groups in total. The first-order chi connectivity index (χ1) is 18.0. The van der Waals surface area contributed by atoms with E-state index >= 15 is 0 Å². The van der Waals surface area contributed by atoms with Gasteiger partial charge in [-0.2, -0.15) is 0 Å². The quantitative estimate of drug-likeness (QED) is 0.415. The molecule has 2 aromatic heterocycles. The van der Waals surface area contributed by atoms with Crippen LogP contribution in [0.3, 0.4) is 0 Å². The van der Waals surface area contributed by atoms with Crippen molar-refractivity contribution in [3.63, 3.8) is 0 Å². The number of likely N-dealkylation sites (tertiary alicyclic amines) is 1. The second-order valence-corrected chi connectivity index (χ2v) is 10.2. The number of ether oxygens (including phenoxy) is 1. The minimum atomic E-state index is -0.992. The zero-order valence-corrected chi connectivity index (χ0v) is 21.1. The lowest BCUT2D eigenvalue weighted by Crippen LogP contribution is -2.54. The van der Waals surface area contributed by atoms with Crippen molar-refractivity contribution in [2.45, 2.75) is 44.2 Å². The molecule has 2 aromatic rings. The Bertz CT molecular complexity index is 1080. The summed E-state index contributed by atoms with van der Waals surface area (Å²) in [7, 11) is 0. The van der Waals surface area contributed by atoms with E-state index in [9.17, 15) is 14.7 Å². The van der Waals surface area contributed by atoms with Crippen molar-refractivity contribution in [2.75, 3.05) is 56.1 Å². The molecular formula is C27H36N6O4. The largest absolute Gasteiger partial charge is 0.480 e. The van der Waals surface area contributed by atoms with Crippen molar-refractivity contribution < 1.29 is 19.4 Å². The third-order valence-corrected chi connectivity index (χ3v) is 7.47. The molecule has 10 heteroatoms. The average Bonchev–Trinajstić information content (AvgIpc) is 3.39. The van der Waals surface area contributed by atoms with Gasteiger partial charge in [0.25, 0.3) is 0 Å². The Labute approximate surface area is 217 Å². The SMILES string of the molecule is O=C(O)C(CCN1CC(OCCc2ccc3c(n2)NCCC3)C1)NC(=O)[C@@H]1CCN(c2ccccn2)C1. The highest BCUT2D eigenvalue weighted by atomic mass is 16.5. The van der Waals surface area contributed by atoms with Gasteiger partial charge in [-0.3, -0.25) is 9.69 Å². The van der Waals surface area contributed by atoms with E-state index < -0.39 is 12.0 Å². The molecule has 3 aliphatic heterocycles. The molecular weight excluding hydrogens is 472 g/mol. The number of rotatable bonds is 11. The molecule has 0 aliphatic carbocycles. The van der Waals surface area contributed by atoms with Crippen molar-refractivity contribution >= 4 is 23.5 Å². The smallest absolute Gasteiger partial charge is 0.326 e. The minimum absolute atomic E-state index is 0.157. The summed E-state index contributed by atoms with van der Waals surface area (Å²) in [6.07, 6.45) is 5.97. The Hall–Kier alpha value is -3.24. The van der Waals surface area contributed by atoms with E-state index in [0.717, 1.165) is 62.8 Å². The van der Waals surface area contributed by atoms with Crippen LogP contribution in [0.1, 0.15) is 30.5 Å². The lowest BCUT2D eigenvalue weighted by atomic mass is 10.1. The maximum absolute atomic E-state index is 12.8. The highest BCUT2D eigenvalue weighted by molar-refractivity contribution is 5.85. The molecule has 0 saturated carbocycles. The van der Waals surface area contributed by atoms with E-state index in [1.54, 1.807) is 6.20 Å². The van der Waals surface area contributed by atoms with E-state index in [2.05, 4.69) is 37.6 Å². The van der Waals surface area contributed by atoms with Crippen molar-refractivity contribution in [1.82, 2.24) is 20.2 Å². The summed E-state index contributed by atoms with van der Waals surface area (Å²) in [6.45, 7) is 5.06. The topological polar surface area (TPSA) is 120 Å². The molecule has 0 radical (unpaired) electrons. The fourth-order valence-electron chi connectivity index (χ4n) is 5.23. The molecule has 2 atom stereocenters. The van der Waals surface area contributed by atoms with E-state index in [0.29, 0.717) is 32.5 Å². The van der Waals surface area contributed by atoms with Gasteiger partial charge in [0.1, 0.15) is 17.7 Å². The zero-order chi connectivity index (χ0) is 25.6. The number of aromatic nitrogens is 2. The summed E-state index contributed by atoms with van der Waals surface area (Å²) < 4.78 is 5.99. The van der Waals surface area contributed by atoms with E-state index in [1.807, 2.05) is 18.2 Å². The number of carbonyl (C=O) groups excluding carboxylic acids is 1. The predicted molar refractivity (Wildman–Crippen MR) is 140 cm³/mol. The van der Waals surface area contributed by atoms with Crippen LogP contribution in [0.5, 0.6) is 0 Å². The Kier molecular flexibility index (Phi) is 8.15. The molecule has 2 saturated heterocycles. The van der Waals surface area contributed by atoms with Gasteiger partial charge < -0.3 is 25.4 Å². The molecule has 2 fully saturated rings. The van der Waals surface area contributed by atoms with Gasteiger partial charge in [0, 0.05) is 57.6 Å². The van der Waals surface area contributed by atoms with E-state index in [1.165, 1.54) is 5.56 Å². The number of aryl methyl sites for hydroxylation is 1. The van der Waals surface area contributed by atoms with Crippen LogP contribution in [0.15, 0.2) is 36.5 Å². The molecule has 37 heavy (non-hydrogen) atoms. The van der Waals surface area contributed by atoms with Crippen LogP contribution in [-0.4, -0.2) is 89.9 Å². The molecule has 0 bridgehead atoms. The average molecular weight is 509 g/mol. The molecule has 0 spiro atoms. The number of aliphatic carboxylic acids is 1. The van der Waals surface area contributed by atoms with E-state index in [4.69, 9.17) is 9.72 Å². The number of fused-ring (bicyclic) bond motifs is 1. The highest BCUT2D eigenvalue weighted by Gasteiger charge is 2.33. The lowest BCUT2D eigenvalue weighted by Gasteiger charge is -2.39. The van der Waals surface area contributed by atoms with Gasteiger partial charge in [-0.05, 0) is 49.4 Å². The normalized spacial score (nSPS) is 20.5. The van der Waals surface area contributed by atoms with Crippen LogP contribution >= 0.6 is 0 Å².